The SMILES string of the molecule is Cc1ccc(NS(=O)(=O)c2ccsc2CO)c(C)n1. The molecular formula is C12H14N2O3S2. The molecule has 0 bridgehead atoms. The average molecular weight is 298 g/mol. The lowest BCUT2D eigenvalue weighted by atomic mass is 10.3. The standard InChI is InChI=1S/C12H14N2O3S2/c1-8-3-4-10(9(2)13-8)14-19(16,17)12-5-6-18-11(12)7-15/h3-6,14-15H,7H2,1-2H3. The minimum atomic E-state index is -3.69. The van der Waals surface area contributed by atoms with Crippen molar-refractivity contribution in [2.45, 2.75) is 25.3 Å². The molecule has 0 amide bonds. The Balaban J connectivity index is 2.37. The molecular weight excluding hydrogens is 284 g/mol. The average Bonchev–Trinajstić information content (AvgIpc) is 2.82. The van der Waals surface area contributed by atoms with Crippen LogP contribution in [0.2, 0.25) is 0 Å². The fourth-order valence-corrected chi connectivity index (χ4v) is 4.09. The van der Waals surface area contributed by atoms with Crippen LogP contribution < -0.4 is 4.72 Å². The van der Waals surface area contributed by atoms with Gasteiger partial charge in [-0.15, -0.1) is 11.3 Å². The van der Waals surface area contributed by atoms with E-state index in [4.69, 9.17) is 5.11 Å². The molecule has 0 spiro atoms. The van der Waals surface area contributed by atoms with Gasteiger partial charge >= 0.3 is 0 Å². The van der Waals surface area contributed by atoms with Crippen LogP contribution in [0, 0.1) is 13.8 Å². The van der Waals surface area contributed by atoms with E-state index >= 15 is 0 Å². The number of thiophene rings is 1. The van der Waals surface area contributed by atoms with E-state index in [1.807, 2.05) is 6.92 Å². The molecule has 0 unspecified atom stereocenters. The fraction of sp³-hybridized carbons (Fsp3) is 0.250. The molecule has 7 heteroatoms. The van der Waals surface area contributed by atoms with Crippen LogP contribution in [0.5, 0.6) is 0 Å². The van der Waals surface area contributed by atoms with E-state index in [0.717, 1.165) is 5.69 Å². The molecule has 2 rings (SSSR count). The van der Waals surface area contributed by atoms with Gasteiger partial charge in [-0.25, -0.2) is 8.42 Å². The first kappa shape index (κ1) is 14.0. The summed E-state index contributed by atoms with van der Waals surface area (Å²) in [6.45, 7) is 3.29. The molecule has 5 nitrogen and oxygen atoms in total. The Morgan fingerprint density at radius 3 is 2.68 bits per heavy atom. The lowest BCUT2D eigenvalue weighted by molar-refractivity contribution is 0.282. The number of hydrogen-bond acceptors (Lipinski definition) is 5. The third-order valence-electron chi connectivity index (χ3n) is 2.61. The number of nitrogens with zero attached hydrogens (tertiary/aromatic N) is 1. The van der Waals surface area contributed by atoms with Crippen LogP contribution in [0.15, 0.2) is 28.5 Å². The van der Waals surface area contributed by atoms with E-state index in [1.165, 1.54) is 17.4 Å². The Morgan fingerprint density at radius 1 is 1.32 bits per heavy atom. The quantitative estimate of drug-likeness (QED) is 0.905. The second-order valence-electron chi connectivity index (χ2n) is 4.06. The second-order valence-corrected chi connectivity index (χ2v) is 6.71. The molecule has 0 aromatic carbocycles. The third-order valence-corrected chi connectivity index (χ3v) is 5.09. The van der Waals surface area contributed by atoms with Gasteiger partial charge in [0.15, 0.2) is 0 Å². The lowest BCUT2D eigenvalue weighted by Crippen LogP contribution is -2.15. The number of hydrogen-bond donors (Lipinski definition) is 2. The van der Waals surface area contributed by atoms with Crippen LogP contribution in [-0.2, 0) is 16.6 Å². The molecule has 0 aliphatic carbocycles. The van der Waals surface area contributed by atoms with Crippen LogP contribution in [0.25, 0.3) is 0 Å². The first-order valence-electron chi connectivity index (χ1n) is 5.58. The van der Waals surface area contributed by atoms with Gasteiger partial charge in [0, 0.05) is 5.69 Å². The minimum Gasteiger partial charge on any atom is -0.391 e. The molecule has 2 heterocycles. The number of anilines is 1. The molecule has 2 aromatic rings. The summed E-state index contributed by atoms with van der Waals surface area (Å²) in [7, 11) is -3.69. The zero-order chi connectivity index (χ0) is 14.0. The van der Waals surface area contributed by atoms with Crippen LogP contribution in [-0.4, -0.2) is 18.5 Å². The van der Waals surface area contributed by atoms with E-state index in [2.05, 4.69) is 9.71 Å². The molecule has 0 radical (unpaired) electrons. The second kappa shape index (κ2) is 5.28. The highest BCUT2D eigenvalue weighted by atomic mass is 32.2. The normalized spacial score (nSPS) is 11.5. The summed E-state index contributed by atoms with van der Waals surface area (Å²) in [5.41, 5.74) is 1.89. The fourth-order valence-electron chi connectivity index (χ4n) is 1.68. The van der Waals surface area contributed by atoms with Crippen LogP contribution in [0.3, 0.4) is 0 Å². The van der Waals surface area contributed by atoms with Crippen LogP contribution in [0.1, 0.15) is 16.3 Å². The zero-order valence-electron chi connectivity index (χ0n) is 10.5. The molecule has 0 aliphatic rings. The number of aliphatic hydroxyl groups is 1. The summed E-state index contributed by atoms with van der Waals surface area (Å²) >= 11 is 1.21. The molecule has 0 aliphatic heterocycles. The first-order chi connectivity index (χ1) is 8.94. The Labute approximate surface area is 116 Å². The van der Waals surface area contributed by atoms with Gasteiger partial charge < -0.3 is 5.11 Å². The van der Waals surface area contributed by atoms with Crippen molar-refractivity contribution in [2.75, 3.05) is 4.72 Å². The largest absolute Gasteiger partial charge is 0.391 e. The van der Waals surface area contributed by atoms with E-state index in [1.54, 1.807) is 24.4 Å². The summed E-state index contributed by atoms with van der Waals surface area (Å²) in [5, 5.41) is 10.8. The number of sulfonamides is 1. The van der Waals surface area contributed by atoms with Crippen molar-refractivity contribution in [3.05, 3.63) is 39.8 Å². The number of nitrogens with one attached hydrogen (secondary N) is 1. The Bertz CT molecular complexity index is 693. The highest BCUT2D eigenvalue weighted by Crippen LogP contribution is 2.25. The van der Waals surface area contributed by atoms with Gasteiger partial charge in [0.05, 0.1) is 22.9 Å². The third kappa shape index (κ3) is 2.94. The summed E-state index contributed by atoms with van der Waals surface area (Å²) < 4.78 is 27.0. The lowest BCUT2D eigenvalue weighted by Gasteiger charge is -2.10. The number of aromatic nitrogens is 1. The summed E-state index contributed by atoms with van der Waals surface area (Å²) in [5.74, 6) is 0. The molecule has 19 heavy (non-hydrogen) atoms. The molecule has 2 N–H and O–H groups in total. The molecule has 0 saturated carbocycles. The number of aryl methyl sites for hydroxylation is 2. The van der Waals surface area contributed by atoms with Crippen molar-refractivity contribution >= 4 is 27.0 Å². The van der Waals surface area contributed by atoms with Crippen LogP contribution in [0.4, 0.5) is 5.69 Å². The zero-order valence-corrected chi connectivity index (χ0v) is 12.2. The van der Waals surface area contributed by atoms with Gasteiger partial charge in [-0.3, -0.25) is 9.71 Å². The van der Waals surface area contributed by atoms with Crippen molar-refractivity contribution < 1.29 is 13.5 Å². The van der Waals surface area contributed by atoms with E-state index in [-0.39, 0.29) is 11.5 Å². The summed E-state index contributed by atoms with van der Waals surface area (Å²) in [4.78, 5) is 4.74. The monoisotopic (exact) mass is 298 g/mol. The highest BCUT2D eigenvalue weighted by Gasteiger charge is 2.20. The Morgan fingerprint density at radius 2 is 2.05 bits per heavy atom. The predicted octanol–water partition coefficient (Wildman–Crippen LogP) is 2.05. The van der Waals surface area contributed by atoms with Crippen molar-refractivity contribution in [2.24, 2.45) is 0 Å². The number of aliphatic hydroxyl groups excluding tert-OH is 1. The summed E-state index contributed by atoms with van der Waals surface area (Å²) in [6.07, 6.45) is 0. The van der Waals surface area contributed by atoms with Gasteiger partial charge in [-0.05, 0) is 37.4 Å². The number of pyridine rings is 1. The van der Waals surface area contributed by atoms with Gasteiger partial charge in [-0.1, -0.05) is 0 Å². The Hall–Kier alpha value is -1.44. The maximum absolute atomic E-state index is 12.2. The van der Waals surface area contributed by atoms with Gasteiger partial charge in [0.2, 0.25) is 0 Å². The molecule has 0 fully saturated rings. The maximum atomic E-state index is 12.2. The first-order valence-corrected chi connectivity index (χ1v) is 7.94. The van der Waals surface area contributed by atoms with Gasteiger partial charge in [0.25, 0.3) is 10.0 Å². The maximum Gasteiger partial charge on any atom is 0.263 e. The van der Waals surface area contributed by atoms with Crippen molar-refractivity contribution in [1.29, 1.82) is 0 Å². The summed E-state index contributed by atoms with van der Waals surface area (Å²) in [6, 6.07) is 4.90. The topological polar surface area (TPSA) is 79.3 Å². The van der Waals surface area contributed by atoms with Crippen LogP contribution >= 0.6 is 11.3 Å². The van der Waals surface area contributed by atoms with E-state index in [0.29, 0.717) is 16.3 Å². The van der Waals surface area contributed by atoms with Crippen molar-refractivity contribution in [3.63, 3.8) is 0 Å². The van der Waals surface area contributed by atoms with E-state index < -0.39 is 10.0 Å². The minimum absolute atomic E-state index is 0.111. The molecule has 0 atom stereocenters. The van der Waals surface area contributed by atoms with Gasteiger partial charge in [-0.2, -0.15) is 0 Å². The number of rotatable bonds is 4. The Kier molecular flexibility index (Phi) is 3.88. The van der Waals surface area contributed by atoms with E-state index in [9.17, 15) is 8.42 Å². The molecule has 2 aromatic heterocycles. The molecule has 0 saturated heterocycles. The smallest absolute Gasteiger partial charge is 0.263 e. The predicted molar refractivity (Wildman–Crippen MR) is 74.8 cm³/mol. The van der Waals surface area contributed by atoms with Crippen molar-refractivity contribution in [1.82, 2.24) is 4.98 Å². The van der Waals surface area contributed by atoms with Crippen molar-refractivity contribution in [3.8, 4) is 0 Å². The molecule has 102 valence electrons. The van der Waals surface area contributed by atoms with Gasteiger partial charge in [0.1, 0.15) is 4.90 Å². The highest BCUT2D eigenvalue weighted by molar-refractivity contribution is 7.93.